The van der Waals surface area contributed by atoms with E-state index in [9.17, 15) is 43.2 Å². The molecular formula is C85H148O17P2. The monoisotopic (exact) mass is 1500 g/mol. The molecule has 0 aromatic carbocycles. The zero-order chi connectivity index (χ0) is 76.0. The van der Waals surface area contributed by atoms with Gasteiger partial charge in [-0.25, -0.2) is 9.13 Å². The van der Waals surface area contributed by atoms with Crippen molar-refractivity contribution in [2.24, 2.45) is 0 Å². The van der Waals surface area contributed by atoms with Gasteiger partial charge in [0.15, 0.2) is 12.2 Å². The number of aliphatic hydroxyl groups is 1. The van der Waals surface area contributed by atoms with E-state index in [1.165, 1.54) is 83.5 Å². The van der Waals surface area contributed by atoms with Crippen LogP contribution >= 0.6 is 15.6 Å². The quantitative estimate of drug-likeness (QED) is 0.0169. The summed E-state index contributed by atoms with van der Waals surface area (Å²) in [6.07, 6.45) is 83.4. The second-order valence-electron chi connectivity index (χ2n) is 27.3. The number of carbonyl (C=O) groups is 4. The lowest BCUT2D eigenvalue weighted by atomic mass is 10.0. The van der Waals surface area contributed by atoms with Gasteiger partial charge in [0, 0.05) is 25.7 Å². The lowest BCUT2D eigenvalue weighted by Gasteiger charge is -2.21. The second kappa shape index (κ2) is 76.9. The number of phosphoric ester groups is 2. The first-order valence-corrected chi connectivity index (χ1v) is 44.1. The molecule has 19 heteroatoms. The summed E-state index contributed by atoms with van der Waals surface area (Å²) in [5, 5.41) is 10.7. The van der Waals surface area contributed by atoms with Crippen molar-refractivity contribution in [2.45, 2.75) is 367 Å². The number of esters is 4. The fraction of sp³-hybridized carbons (Fsp3) is 0.741. The first-order valence-electron chi connectivity index (χ1n) is 41.1. The van der Waals surface area contributed by atoms with Gasteiger partial charge in [0.05, 0.1) is 26.4 Å². The summed E-state index contributed by atoms with van der Waals surface area (Å²) >= 11 is 0. The van der Waals surface area contributed by atoms with Crippen LogP contribution in [0.5, 0.6) is 0 Å². The Bertz CT molecular complexity index is 2390. The fourth-order valence-corrected chi connectivity index (χ4v) is 12.6. The van der Waals surface area contributed by atoms with Crippen LogP contribution in [0.3, 0.4) is 0 Å². The zero-order valence-electron chi connectivity index (χ0n) is 65.7. The molecule has 0 aromatic rings. The highest BCUT2D eigenvalue weighted by molar-refractivity contribution is 7.47. The van der Waals surface area contributed by atoms with E-state index in [0.29, 0.717) is 25.7 Å². The Morgan fingerprint density at radius 2 is 0.500 bits per heavy atom. The average Bonchev–Trinajstić information content (AvgIpc) is 0.918. The Kier molecular flexibility index (Phi) is 73.7. The van der Waals surface area contributed by atoms with Gasteiger partial charge in [0.1, 0.15) is 19.3 Å². The molecule has 600 valence electrons. The molecule has 17 nitrogen and oxygen atoms in total. The first kappa shape index (κ1) is 99.7. The highest BCUT2D eigenvalue weighted by Crippen LogP contribution is 2.45. The third-order valence-electron chi connectivity index (χ3n) is 17.2. The molecule has 0 aromatic heterocycles. The minimum atomic E-state index is -4.99. The number of rotatable bonds is 77. The maximum absolute atomic E-state index is 13.1. The molecule has 0 rings (SSSR count). The van der Waals surface area contributed by atoms with Gasteiger partial charge >= 0.3 is 39.5 Å². The standard InChI is InChI=1S/C85H148O17P2/c1-5-9-13-17-21-25-29-33-37-38-39-40-44-46-50-54-58-62-66-70-83(88)96-76-81(102-85(90)72-68-64-60-56-52-48-43-36-32-28-24-20-16-12-8-4)78-100-104(93,94)98-74-79(86)73-97-103(91,92)99-77-80(101-84(89)71-67-63-59-55-51-47-42-35-31-27-23-19-15-11-7-3)75-95-82(87)69-65-61-57-53-49-45-41-34-30-26-22-18-14-10-6-2/h9,12-13,16,21-22,24-26,28,33-34,36-37,39-41,43,79-81,86H,5-8,10-11,14-15,17-20,23,27,29-32,35,38,42,44-78H2,1-4H3,(H,91,92)(H,93,94)/b13-9-,16-12-,25-21-,26-22-,28-24-,37-33-,40-39-,41-34-,43-36-. The molecular weight excluding hydrogens is 1350 g/mol. The molecule has 0 aliphatic carbocycles. The molecule has 0 saturated heterocycles. The Hall–Kier alpha value is -4.28. The summed E-state index contributed by atoms with van der Waals surface area (Å²) in [6.45, 7) is 4.63. The van der Waals surface area contributed by atoms with Crippen molar-refractivity contribution in [1.29, 1.82) is 0 Å². The molecule has 0 amide bonds. The summed E-state index contributed by atoms with van der Waals surface area (Å²) in [6, 6.07) is 0. The maximum Gasteiger partial charge on any atom is 0.472 e. The van der Waals surface area contributed by atoms with Crippen LogP contribution in [0, 0.1) is 0 Å². The van der Waals surface area contributed by atoms with Crippen LogP contribution in [-0.4, -0.2) is 96.7 Å². The minimum Gasteiger partial charge on any atom is -0.462 e. The van der Waals surface area contributed by atoms with Gasteiger partial charge in [-0.15, -0.1) is 0 Å². The number of unbranched alkanes of at least 4 members (excludes halogenated alkanes) is 33. The summed E-state index contributed by atoms with van der Waals surface area (Å²) in [5.74, 6) is -2.20. The van der Waals surface area contributed by atoms with E-state index in [2.05, 4.69) is 137 Å². The van der Waals surface area contributed by atoms with E-state index < -0.39 is 97.5 Å². The third kappa shape index (κ3) is 75.9. The molecule has 3 N–H and O–H groups in total. The van der Waals surface area contributed by atoms with Crippen molar-refractivity contribution in [3.8, 4) is 0 Å². The van der Waals surface area contributed by atoms with Gasteiger partial charge in [-0.1, -0.05) is 304 Å². The number of carbonyl (C=O) groups excluding carboxylic acids is 4. The van der Waals surface area contributed by atoms with E-state index in [4.69, 9.17) is 37.0 Å². The smallest absolute Gasteiger partial charge is 0.462 e. The summed E-state index contributed by atoms with van der Waals surface area (Å²) in [7, 11) is -9.97. The number of ether oxygens (including phenoxy) is 4. The predicted octanol–water partition coefficient (Wildman–Crippen LogP) is 24.1. The van der Waals surface area contributed by atoms with Gasteiger partial charge in [-0.05, 0) is 128 Å². The summed E-state index contributed by atoms with van der Waals surface area (Å²) < 4.78 is 68.7. The topological polar surface area (TPSA) is 237 Å². The van der Waals surface area contributed by atoms with Crippen LogP contribution in [0.4, 0.5) is 0 Å². The average molecular weight is 1500 g/mol. The number of hydrogen-bond donors (Lipinski definition) is 3. The Labute approximate surface area is 632 Å². The van der Waals surface area contributed by atoms with Crippen molar-refractivity contribution in [2.75, 3.05) is 39.6 Å². The van der Waals surface area contributed by atoms with Crippen molar-refractivity contribution >= 4 is 39.5 Å². The van der Waals surface area contributed by atoms with Crippen LogP contribution in [0.2, 0.25) is 0 Å². The highest BCUT2D eigenvalue weighted by atomic mass is 31.2. The van der Waals surface area contributed by atoms with E-state index in [1.807, 2.05) is 0 Å². The molecule has 0 aliphatic heterocycles. The first-order chi connectivity index (χ1) is 50.7. The maximum atomic E-state index is 13.1. The van der Waals surface area contributed by atoms with Crippen LogP contribution in [0.15, 0.2) is 109 Å². The van der Waals surface area contributed by atoms with Gasteiger partial charge < -0.3 is 33.8 Å². The molecule has 0 fully saturated rings. The van der Waals surface area contributed by atoms with Crippen LogP contribution < -0.4 is 0 Å². The lowest BCUT2D eigenvalue weighted by molar-refractivity contribution is -0.161. The predicted molar refractivity (Wildman–Crippen MR) is 427 cm³/mol. The molecule has 5 atom stereocenters. The summed E-state index contributed by atoms with van der Waals surface area (Å²) in [5.41, 5.74) is 0. The lowest BCUT2D eigenvalue weighted by Crippen LogP contribution is -2.30. The van der Waals surface area contributed by atoms with Gasteiger partial charge in [0.2, 0.25) is 0 Å². The fourth-order valence-electron chi connectivity index (χ4n) is 11.0. The van der Waals surface area contributed by atoms with Crippen LogP contribution in [0.25, 0.3) is 0 Å². The van der Waals surface area contributed by atoms with Crippen molar-refractivity contribution < 1.29 is 80.2 Å². The third-order valence-corrected chi connectivity index (χ3v) is 19.1. The molecule has 104 heavy (non-hydrogen) atoms. The number of aliphatic hydroxyl groups excluding tert-OH is 1. The van der Waals surface area contributed by atoms with Crippen molar-refractivity contribution in [3.05, 3.63) is 109 Å². The number of allylic oxidation sites excluding steroid dienone is 18. The van der Waals surface area contributed by atoms with Crippen molar-refractivity contribution in [3.63, 3.8) is 0 Å². The molecule has 0 saturated carbocycles. The Morgan fingerprint density at radius 3 is 0.788 bits per heavy atom. The molecule has 5 unspecified atom stereocenters. The SMILES string of the molecule is CC/C=C\C/C=C\C/C=C\C/C=C\CCCCCCCCC(=O)OCC(COP(=O)(O)OCC(O)COP(=O)(O)OCC(COC(=O)CCCCCCC/C=C\C/C=C\CCCCC)OC(=O)CCCCCCCCCCCCCCCCC)OC(=O)CCCCCCC/C=C\C/C=C\C/C=C\CC. The highest BCUT2D eigenvalue weighted by Gasteiger charge is 2.30. The molecule has 0 radical (unpaired) electrons. The van der Waals surface area contributed by atoms with Crippen LogP contribution in [-0.2, 0) is 65.4 Å². The van der Waals surface area contributed by atoms with Gasteiger partial charge in [-0.2, -0.15) is 0 Å². The van der Waals surface area contributed by atoms with Crippen molar-refractivity contribution in [1.82, 2.24) is 0 Å². The van der Waals surface area contributed by atoms with E-state index in [1.54, 1.807) is 0 Å². The van der Waals surface area contributed by atoms with Gasteiger partial charge in [-0.3, -0.25) is 37.3 Å². The van der Waals surface area contributed by atoms with Crippen LogP contribution in [0.1, 0.15) is 349 Å². The molecule has 0 bridgehead atoms. The number of phosphoric acid groups is 2. The normalized spacial score (nSPS) is 14.4. The summed E-state index contributed by atoms with van der Waals surface area (Å²) in [4.78, 5) is 73.1. The van der Waals surface area contributed by atoms with Gasteiger partial charge in [0.25, 0.3) is 0 Å². The second-order valence-corrected chi connectivity index (χ2v) is 30.2. The molecule has 0 aliphatic rings. The molecule has 0 heterocycles. The Morgan fingerprint density at radius 1 is 0.279 bits per heavy atom. The zero-order valence-corrected chi connectivity index (χ0v) is 67.5. The Balaban J connectivity index is 5.37. The minimum absolute atomic E-state index is 0.0709. The molecule has 0 spiro atoms. The largest absolute Gasteiger partial charge is 0.472 e. The van der Waals surface area contributed by atoms with E-state index in [-0.39, 0.29) is 25.7 Å². The van der Waals surface area contributed by atoms with E-state index in [0.717, 1.165) is 186 Å². The van der Waals surface area contributed by atoms with E-state index >= 15 is 0 Å². The number of hydrogen-bond acceptors (Lipinski definition) is 15.